The number of benzene rings is 1. The van der Waals surface area contributed by atoms with E-state index in [9.17, 15) is 4.79 Å². The minimum absolute atomic E-state index is 0.0925. The minimum Gasteiger partial charge on any atom is -0.352 e. The van der Waals surface area contributed by atoms with Crippen LogP contribution in [0.3, 0.4) is 0 Å². The molecule has 0 aromatic heterocycles. The van der Waals surface area contributed by atoms with Crippen molar-refractivity contribution in [3.8, 4) is 0 Å². The Balaban J connectivity index is 2.48. The third-order valence-electron chi connectivity index (χ3n) is 2.21. The van der Waals surface area contributed by atoms with E-state index in [0.29, 0.717) is 0 Å². The molecule has 0 saturated heterocycles. The van der Waals surface area contributed by atoms with Gasteiger partial charge in [-0.3, -0.25) is 4.79 Å². The van der Waals surface area contributed by atoms with Gasteiger partial charge in [-0.05, 0) is 38.0 Å². The van der Waals surface area contributed by atoms with Crippen LogP contribution in [0.5, 0.6) is 0 Å². The van der Waals surface area contributed by atoms with Gasteiger partial charge >= 0.3 is 0 Å². The second-order valence-electron chi connectivity index (χ2n) is 3.86. The van der Waals surface area contributed by atoms with Gasteiger partial charge in [0, 0.05) is 10.5 Å². The standard InChI is InChI=1S/C12H15BrClNO/c1-8(15-12(16)9(2)14)7-10-3-5-11(13)6-4-10/h3-6,8-9H,7H2,1-2H3,(H,15,16). The molecular formula is C12H15BrClNO. The van der Waals surface area contributed by atoms with Crippen LogP contribution in [0.4, 0.5) is 0 Å². The molecule has 0 aliphatic rings. The molecule has 1 rings (SSSR count). The van der Waals surface area contributed by atoms with Gasteiger partial charge in [0.1, 0.15) is 5.38 Å². The van der Waals surface area contributed by atoms with Crippen LogP contribution in [0.2, 0.25) is 0 Å². The summed E-state index contributed by atoms with van der Waals surface area (Å²) in [5, 5.41) is 2.38. The van der Waals surface area contributed by atoms with E-state index < -0.39 is 5.38 Å². The predicted molar refractivity (Wildman–Crippen MR) is 70.8 cm³/mol. The zero-order chi connectivity index (χ0) is 12.1. The first kappa shape index (κ1) is 13.5. The Morgan fingerprint density at radius 3 is 2.44 bits per heavy atom. The maximum atomic E-state index is 11.3. The van der Waals surface area contributed by atoms with E-state index in [1.165, 1.54) is 5.56 Å². The van der Waals surface area contributed by atoms with E-state index in [4.69, 9.17) is 11.6 Å². The number of nitrogens with one attached hydrogen (secondary N) is 1. The highest BCUT2D eigenvalue weighted by Crippen LogP contribution is 2.12. The quantitative estimate of drug-likeness (QED) is 0.851. The molecule has 1 amide bonds. The number of amides is 1. The molecular weight excluding hydrogens is 289 g/mol. The Hall–Kier alpha value is -0.540. The lowest BCUT2D eigenvalue weighted by atomic mass is 10.1. The summed E-state index contributed by atoms with van der Waals surface area (Å²) in [7, 11) is 0. The lowest BCUT2D eigenvalue weighted by Gasteiger charge is -2.14. The highest BCUT2D eigenvalue weighted by Gasteiger charge is 2.12. The van der Waals surface area contributed by atoms with Crippen LogP contribution in [0.25, 0.3) is 0 Å². The van der Waals surface area contributed by atoms with Crippen LogP contribution < -0.4 is 5.32 Å². The second-order valence-corrected chi connectivity index (χ2v) is 5.43. The molecule has 2 nitrogen and oxygen atoms in total. The maximum absolute atomic E-state index is 11.3. The Morgan fingerprint density at radius 2 is 1.94 bits per heavy atom. The maximum Gasteiger partial charge on any atom is 0.237 e. The van der Waals surface area contributed by atoms with Crippen molar-refractivity contribution in [2.75, 3.05) is 0 Å². The average Bonchev–Trinajstić information content (AvgIpc) is 2.21. The molecule has 0 heterocycles. The molecule has 16 heavy (non-hydrogen) atoms. The molecule has 2 atom stereocenters. The van der Waals surface area contributed by atoms with Gasteiger partial charge in [-0.2, -0.15) is 0 Å². The van der Waals surface area contributed by atoms with Gasteiger partial charge in [0.05, 0.1) is 0 Å². The molecule has 4 heteroatoms. The molecule has 0 spiro atoms. The fraction of sp³-hybridized carbons (Fsp3) is 0.417. The van der Waals surface area contributed by atoms with E-state index in [1.807, 2.05) is 31.2 Å². The van der Waals surface area contributed by atoms with Gasteiger partial charge in [-0.25, -0.2) is 0 Å². The third kappa shape index (κ3) is 4.54. The van der Waals surface area contributed by atoms with E-state index >= 15 is 0 Å². The number of halogens is 2. The Bertz CT molecular complexity index is 351. The van der Waals surface area contributed by atoms with Gasteiger partial charge in [-0.1, -0.05) is 28.1 Å². The monoisotopic (exact) mass is 303 g/mol. The highest BCUT2D eigenvalue weighted by molar-refractivity contribution is 9.10. The summed E-state index contributed by atoms with van der Waals surface area (Å²) in [5.41, 5.74) is 1.19. The highest BCUT2D eigenvalue weighted by atomic mass is 79.9. The molecule has 0 fully saturated rings. The molecule has 1 aromatic carbocycles. The summed E-state index contributed by atoms with van der Waals surface area (Å²) in [6.45, 7) is 3.64. The number of carbonyl (C=O) groups is 1. The van der Waals surface area contributed by atoms with Crippen molar-refractivity contribution in [3.05, 3.63) is 34.3 Å². The van der Waals surface area contributed by atoms with Crippen molar-refractivity contribution in [2.24, 2.45) is 0 Å². The normalized spacial score (nSPS) is 14.2. The third-order valence-corrected chi connectivity index (χ3v) is 2.93. The van der Waals surface area contributed by atoms with Crippen molar-refractivity contribution in [1.82, 2.24) is 5.32 Å². The smallest absolute Gasteiger partial charge is 0.237 e. The number of rotatable bonds is 4. The van der Waals surface area contributed by atoms with Crippen LogP contribution in [-0.4, -0.2) is 17.3 Å². The number of alkyl halides is 1. The molecule has 1 N–H and O–H groups in total. The number of carbonyl (C=O) groups excluding carboxylic acids is 1. The van der Waals surface area contributed by atoms with Crippen LogP contribution in [-0.2, 0) is 11.2 Å². The van der Waals surface area contributed by atoms with Crippen molar-refractivity contribution < 1.29 is 4.79 Å². The van der Waals surface area contributed by atoms with Crippen LogP contribution in [0, 0.1) is 0 Å². The predicted octanol–water partition coefficient (Wildman–Crippen LogP) is 3.12. The Morgan fingerprint density at radius 1 is 1.38 bits per heavy atom. The van der Waals surface area contributed by atoms with Crippen molar-refractivity contribution in [3.63, 3.8) is 0 Å². The first-order chi connectivity index (χ1) is 7.49. The van der Waals surface area contributed by atoms with Gasteiger partial charge in [-0.15, -0.1) is 11.6 Å². The minimum atomic E-state index is -0.479. The fourth-order valence-corrected chi connectivity index (χ4v) is 1.71. The van der Waals surface area contributed by atoms with Gasteiger partial charge in [0.25, 0.3) is 0 Å². The van der Waals surface area contributed by atoms with Gasteiger partial charge in [0.2, 0.25) is 5.91 Å². The molecule has 2 unspecified atom stereocenters. The summed E-state index contributed by atoms with van der Waals surface area (Å²) in [6, 6.07) is 8.16. The van der Waals surface area contributed by atoms with Crippen molar-refractivity contribution in [2.45, 2.75) is 31.7 Å². The van der Waals surface area contributed by atoms with Crippen molar-refractivity contribution >= 4 is 33.4 Å². The first-order valence-corrected chi connectivity index (χ1v) is 6.41. The summed E-state index contributed by atoms with van der Waals surface area (Å²) in [6.07, 6.45) is 0.808. The number of hydrogen-bond donors (Lipinski definition) is 1. The zero-order valence-electron chi connectivity index (χ0n) is 9.34. The SMILES string of the molecule is CC(Cc1ccc(Br)cc1)NC(=O)C(C)Cl. The largest absolute Gasteiger partial charge is 0.352 e. The molecule has 0 bridgehead atoms. The van der Waals surface area contributed by atoms with Crippen LogP contribution in [0.1, 0.15) is 19.4 Å². The van der Waals surface area contributed by atoms with Gasteiger partial charge < -0.3 is 5.32 Å². The molecule has 88 valence electrons. The lowest BCUT2D eigenvalue weighted by molar-refractivity contribution is -0.121. The summed E-state index contributed by atoms with van der Waals surface area (Å²) in [5.74, 6) is -0.119. The molecule has 0 saturated carbocycles. The zero-order valence-corrected chi connectivity index (χ0v) is 11.7. The Labute approximate surface area is 110 Å². The van der Waals surface area contributed by atoms with Gasteiger partial charge in [0.15, 0.2) is 0 Å². The lowest BCUT2D eigenvalue weighted by Crippen LogP contribution is -2.37. The topological polar surface area (TPSA) is 29.1 Å². The van der Waals surface area contributed by atoms with Crippen LogP contribution in [0.15, 0.2) is 28.7 Å². The van der Waals surface area contributed by atoms with Crippen LogP contribution >= 0.6 is 27.5 Å². The fourth-order valence-electron chi connectivity index (χ4n) is 1.38. The number of hydrogen-bond acceptors (Lipinski definition) is 1. The van der Waals surface area contributed by atoms with Crippen molar-refractivity contribution in [1.29, 1.82) is 0 Å². The first-order valence-electron chi connectivity index (χ1n) is 5.18. The molecule has 1 aromatic rings. The summed E-state index contributed by atoms with van der Waals surface area (Å²) < 4.78 is 1.06. The van der Waals surface area contributed by atoms with E-state index in [1.54, 1.807) is 6.92 Å². The summed E-state index contributed by atoms with van der Waals surface area (Å²) in [4.78, 5) is 11.3. The molecule has 0 radical (unpaired) electrons. The molecule has 0 aliphatic carbocycles. The van der Waals surface area contributed by atoms with E-state index in [2.05, 4.69) is 21.2 Å². The van der Waals surface area contributed by atoms with E-state index in [0.717, 1.165) is 10.9 Å². The molecule has 0 aliphatic heterocycles. The Kier molecular flexibility index (Phi) is 5.29. The average molecular weight is 305 g/mol. The summed E-state index contributed by atoms with van der Waals surface area (Å²) >= 11 is 9.06. The van der Waals surface area contributed by atoms with E-state index in [-0.39, 0.29) is 11.9 Å². The second kappa shape index (κ2) is 6.26.